The van der Waals surface area contributed by atoms with Crippen molar-refractivity contribution in [2.24, 2.45) is 11.1 Å². The van der Waals surface area contributed by atoms with Gasteiger partial charge in [0.15, 0.2) is 0 Å². The predicted molar refractivity (Wildman–Crippen MR) is 62.5 cm³/mol. The third-order valence-corrected chi connectivity index (χ3v) is 3.04. The minimum absolute atomic E-state index is 0.440. The first-order valence-corrected chi connectivity index (χ1v) is 5.67. The number of hydrogen-bond acceptors (Lipinski definition) is 4. The Kier molecular flexibility index (Phi) is 3.88. The van der Waals surface area contributed by atoms with Gasteiger partial charge in [-0.25, -0.2) is 0 Å². The Bertz CT molecular complexity index is 331. The molecule has 0 amide bonds. The zero-order chi connectivity index (χ0) is 11.2. The van der Waals surface area contributed by atoms with Crippen LogP contribution in [0.4, 0.5) is 0 Å². The van der Waals surface area contributed by atoms with Gasteiger partial charge in [0.05, 0.1) is 0 Å². The van der Waals surface area contributed by atoms with Crippen LogP contribution in [0.1, 0.15) is 18.4 Å². The second-order valence-electron chi connectivity index (χ2n) is 4.24. The molecule has 0 saturated carbocycles. The highest BCUT2D eigenvalue weighted by molar-refractivity contribution is 5.59. The van der Waals surface area contributed by atoms with Gasteiger partial charge in [0.1, 0.15) is 0 Å². The van der Waals surface area contributed by atoms with E-state index < -0.39 is 0 Å². The van der Waals surface area contributed by atoms with Gasteiger partial charge in [0.2, 0.25) is 0 Å². The number of pyridine rings is 1. The molecule has 1 aromatic heterocycles. The van der Waals surface area contributed by atoms with Crippen molar-refractivity contribution in [1.82, 2.24) is 9.88 Å². The van der Waals surface area contributed by atoms with E-state index in [0.717, 1.165) is 32.5 Å². The summed E-state index contributed by atoms with van der Waals surface area (Å²) >= 11 is 0. The minimum atomic E-state index is 0.440. The zero-order valence-corrected chi connectivity index (χ0v) is 9.29. The number of hydrogen-bond donors (Lipinski definition) is 1. The summed E-state index contributed by atoms with van der Waals surface area (Å²) in [5, 5.41) is 11.6. The van der Waals surface area contributed by atoms with Crippen molar-refractivity contribution in [2.45, 2.75) is 19.4 Å². The largest absolute Gasteiger partial charge is 0.411 e. The molecule has 0 atom stereocenters. The fraction of sp³-hybridized carbons (Fsp3) is 0.500. The molecule has 0 unspecified atom stereocenters. The predicted octanol–water partition coefficient (Wildman–Crippen LogP) is 1.75. The van der Waals surface area contributed by atoms with Gasteiger partial charge in [-0.1, -0.05) is 6.07 Å². The average Bonchev–Trinajstić information content (AvgIpc) is 2.33. The Morgan fingerprint density at radius 1 is 1.50 bits per heavy atom. The van der Waals surface area contributed by atoms with Crippen molar-refractivity contribution in [3.05, 3.63) is 30.1 Å². The minimum Gasteiger partial charge on any atom is -0.411 e. The lowest BCUT2D eigenvalue weighted by Gasteiger charge is -2.29. The molecule has 1 saturated heterocycles. The molecule has 0 spiro atoms. The van der Waals surface area contributed by atoms with E-state index in [-0.39, 0.29) is 0 Å². The SMILES string of the molecule is ON=CC1CCN(Cc2cccnc2)CC1. The Morgan fingerprint density at radius 3 is 2.94 bits per heavy atom. The van der Waals surface area contributed by atoms with Crippen LogP contribution in [0.15, 0.2) is 29.7 Å². The maximum absolute atomic E-state index is 8.47. The molecule has 1 aliphatic rings. The van der Waals surface area contributed by atoms with Gasteiger partial charge in [-0.05, 0) is 43.5 Å². The highest BCUT2D eigenvalue weighted by Crippen LogP contribution is 2.17. The third-order valence-electron chi connectivity index (χ3n) is 3.04. The molecule has 0 aromatic carbocycles. The van der Waals surface area contributed by atoms with Crippen LogP contribution in [0, 0.1) is 5.92 Å². The van der Waals surface area contributed by atoms with Gasteiger partial charge >= 0.3 is 0 Å². The highest BCUT2D eigenvalue weighted by atomic mass is 16.4. The second-order valence-corrected chi connectivity index (χ2v) is 4.24. The van der Waals surface area contributed by atoms with Gasteiger partial charge < -0.3 is 5.21 Å². The molecule has 1 aliphatic heterocycles. The first kappa shape index (κ1) is 11.1. The van der Waals surface area contributed by atoms with Crippen LogP contribution in [-0.2, 0) is 6.54 Å². The Hall–Kier alpha value is -1.42. The lowest BCUT2D eigenvalue weighted by molar-refractivity contribution is 0.201. The number of nitrogens with zero attached hydrogens (tertiary/aromatic N) is 3. The van der Waals surface area contributed by atoms with Gasteiger partial charge in [0.25, 0.3) is 0 Å². The fourth-order valence-corrected chi connectivity index (χ4v) is 2.10. The summed E-state index contributed by atoms with van der Waals surface area (Å²) < 4.78 is 0. The van der Waals surface area contributed by atoms with Gasteiger partial charge in [0, 0.05) is 25.2 Å². The van der Waals surface area contributed by atoms with Crippen LogP contribution in [0.25, 0.3) is 0 Å². The van der Waals surface area contributed by atoms with Crippen molar-refractivity contribution >= 4 is 6.21 Å². The molecular weight excluding hydrogens is 202 g/mol. The summed E-state index contributed by atoms with van der Waals surface area (Å²) in [5.74, 6) is 0.440. The van der Waals surface area contributed by atoms with E-state index in [1.165, 1.54) is 5.56 Å². The molecule has 1 fully saturated rings. The van der Waals surface area contributed by atoms with E-state index in [4.69, 9.17) is 5.21 Å². The number of oxime groups is 1. The monoisotopic (exact) mass is 219 g/mol. The summed E-state index contributed by atoms with van der Waals surface area (Å²) in [6.07, 6.45) is 7.52. The first-order valence-electron chi connectivity index (χ1n) is 5.67. The molecule has 1 N–H and O–H groups in total. The molecule has 4 nitrogen and oxygen atoms in total. The van der Waals surface area contributed by atoms with Crippen molar-refractivity contribution in [3.8, 4) is 0 Å². The van der Waals surface area contributed by atoms with Gasteiger partial charge in [-0.3, -0.25) is 9.88 Å². The number of piperidine rings is 1. The Balaban J connectivity index is 1.81. The number of likely N-dealkylation sites (tertiary alicyclic amines) is 1. The molecule has 1 aromatic rings. The van der Waals surface area contributed by atoms with Crippen molar-refractivity contribution < 1.29 is 5.21 Å². The average molecular weight is 219 g/mol. The molecular formula is C12H17N3O. The summed E-state index contributed by atoms with van der Waals surface area (Å²) in [6.45, 7) is 3.09. The Labute approximate surface area is 95.6 Å². The lowest BCUT2D eigenvalue weighted by Crippen LogP contribution is -2.33. The van der Waals surface area contributed by atoms with Crippen LogP contribution < -0.4 is 0 Å². The fourth-order valence-electron chi connectivity index (χ4n) is 2.10. The molecule has 86 valence electrons. The summed E-state index contributed by atoms with van der Waals surface area (Å²) in [4.78, 5) is 6.53. The zero-order valence-electron chi connectivity index (χ0n) is 9.29. The highest BCUT2D eigenvalue weighted by Gasteiger charge is 2.17. The van der Waals surface area contributed by atoms with Crippen LogP contribution in [0.5, 0.6) is 0 Å². The molecule has 2 rings (SSSR count). The first-order chi connectivity index (χ1) is 7.88. The maximum atomic E-state index is 8.47. The van der Waals surface area contributed by atoms with E-state index >= 15 is 0 Å². The standard InChI is InChI=1S/C12H17N3O/c16-14-9-11-3-6-15(7-4-11)10-12-2-1-5-13-8-12/h1-2,5,8-9,11,16H,3-4,6-7,10H2. The van der Waals surface area contributed by atoms with E-state index in [1.807, 2.05) is 12.3 Å². The van der Waals surface area contributed by atoms with Crippen LogP contribution in [0.3, 0.4) is 0 Å². The van der Waals surface area contributed by atoms with Crippen LogP contribution in [-0.4, -0.2) is 34.4 Å². The topological polar surface area (TPSA) is 48.7 Å². The summed E-state index contributed by atoms with van der Waals surface area (Å²) in [5.41, 5.74) is 1.26. The normalized spacial score (nSPS) is 19.2. The number of aromatic nitrogens is 1. The molecule has 16 heavy (non-hydrogen) atoms. The second kappa shape index (κ2) is 5.61. The van der Waals surface area contributed by atoms with Gasteiger partial charge in [-0.2, -0.15) is 0 Å². The molecule has 0 bridgehead atoms. The summed E-state index contributed by atoms with van der Waals surface area (Å²) in [7, 11) is 0. The molecule has 0 radical (unpaired) electrons. The number of rotatable bonds is 3. The van der Waals surface area contributed by atoms with Crippen molar-refractivity contribution in [2.75, 3.05) is 13.1 Å². The van der Waals surface area contributed by atoms with E-state index in [0.29, 0.717) is 5.92 Å². The lowest BCUT2D eigenvalue weighted by atomic mass is 9.98. The van der Waals surface area contributed by atoms with Gasteiger partial charge in [-0.15, -0.1) is 5.16 Å². The molecule has 0 aliphatic carbocycles. The van der Waals surface area contributed by atoms with Crippen LogP contribution >= 0.6 is 0 Å². The summed E-state index contributed by atoms with van der Waals surface area (Å²) in [6, 6.07) is 4.08. The van der Waals surface area contributed by atoms with E-state index in [2.05, 4.69) is 21.1 Å². The third kappa shape index (κ3) is 3.03. The quantitative estimate of drug-likeness (QED) is 0.478. The maximum Gasteiger partial charge on any atom is 0.0467 e. The van der Waals surface area contributed by atoms with Crippen molar-refractivity contribution in [1.29, 1.82) is 0 Å². The smallest absolute Gasteiger partial charge is 0.0467 e. The Morgan fingerprint density at radius 2 is 2.31 bits per heavy atom. The van der Waals surface area contributed by atoms with Crippen LogP contribution in [0.2, 0.25) is 0 Å². The van der Waals surface area contributed by atoms with E-state index in [1.54, 1.807) is 12.4 Å². The molecule has 2 heterocycles. The molecule has 4 heteroatoms. The van der Waals surface area contributed by atoms with E-state index in [9.17, 15) is 0 Å². The van der Waals surface area contributed by atoms with Crippen molar-refractivity contribution in [3.63, 3.8) is 0 Å².